The Labute approximate surface area is 238 Å². The van der Waals surface area contributed by atoms with Gasteiger partial charge in [-0.2, -0.15) is 0 Å². The van der Waals surface area contributed by atoms with Gasteiger partial charge in [-0.15, -0.1) is 0 Å². The van der Waals surface area contributed by atoms with Crippen molar-refractivity contribution in [2.24, 2.45) is 5.92 Å². The lowest BCUT2D eigenvalue weighted by atomic mass is 10.1. The molecule has 41 heavy (non-hydrogen) atoms. The fourth-order valence-electron chi connectivity index (χ4n) is 5.87. The number of H-pyrrole nitrogens is 1. The molecule has 2 amide bonds. The van der Waals surface area contributed by atoms with Crippen LogP contribution in [0, 0.1) is 12.8 Å². The number of aromatic amines is 1. The highest BCUT2D eigenvalue weighted by Gasteiger charge is 2.29. The molecule has 1 saturated carbocycles. The highest BCUT2D eigenvalue weighted by molar-refractivity contribution is 6.08. The standard InChI is InChI=1S/C30H35N7O4/c1-19-24(18-33-29-26(19)31-12-17-41-29)35-23-10-11-32-27(38)25(23)28(39)34-21-6-8-22(9-7-21)36-13-15-37(16-14-36)30(40)20-4-2-3-5-20/h6-11,18,20,31H,2-5,12-17H2,1H3,(H,34,39)(H2,32,35,38). The van der Waals surface area contributed by atoms with Crippen LogP contribution in [0.5, 0.6) is 5.88 Å². The van der Waals surface area contributed by atoms with Crippen LogP contribution in [0.1, 0.15) is 41.6 Å². The van der Waals surface area contributed by atoms with Crippen LogP contribution in [-0.2, 0) is 4.79 Å². The Morgan fingerprint density at radius 2 is 1.78 bits per heavy atom. The number of anilines is 5. The van der Waals surface area contributed by atoms with Gasteiger partial charge in [0.15, 0.2) is 0 Å². The van der Waals surface area contributed by atoms with E-state index in [0.29, 0.717) is 42.0 Å². The van der Waals surface area contributed by atoms with Gasteiger partial charge in [-0.1, -0.05) is 12.8 Å². The van der Waals surface area contributed by atoms with Gasteiger partial charge >= 0.3 is 0 Å². The molecule has 0 atom stereocenters. The molecule has 0 spiro atoms. The van der Waals surface area contributed by atoms with Crippen LogP contribution in [0.4, 0.5) is 28.4 Å². The quantitative estimate of drug-likeness (QED) is 0.361. The maximum absolute atomic E-state index is 13.3. The Kier molecular flexibility index (Phi) is 7.49. The van der Waals surface area contributed by atoms with Crippen molar-refractivity contribution in [3.05, 3.63) is 64.2 Å². The molecule has 6 rings (SSSR count). The van der Waals surface area contributed by atoms with E-state index in [2.05, 4.69) is 30.8 Å². The molecule has 1 aliphatic carbocycles. The summed E-state index contributed by atoms with van der Waals surface area (Å²) in [5.74, 6) is 0.535. The molecule has 11 nitrogen and oxygen atoms in total. The number of aromatic nitrogens is 2. The zero-order chi connectivity index (χ0) is 28.3. The number of nitrogens with one attached hydrogen (secondary N) is 4. The maximum Gasteiger partial charge on any atom is 0.263 e. The zero-order valence-corrected chi connectivity index (χ0v) is 23.2. The second-order valence-electron chi connectivity index (χ2n) is 10.8. The number of benzene rings is 1. The first kappa shape index (κ1) is 26.7. The molecule has 0 radical (unpaired) electrons. The smallest absolute Gasteiger partial charge is 0.263 e. The van der Waals surface area contributed by atoms with Crippen molar-refractivity contribution in [1.82, 2.24) is 14.9 Å². The summed E-state index contributed by atoms with van der Waals surface area (Å²) in [5.41, 5.74) is 3.78. The number of carbonyl (C=O) groups is 2. The second kappa shape index (κ2) is 11.5. The third kappa shape index (κ3) is 5.57. The van der Waals surface area contributed by atoms with E-state index in [1.807, 2.05) is 36.1 Å². The molecule has 4 N–H and O–H groups in total. The van der Waals surface area contributed by atoms with Crippen LogP contribution >= 0.6 is 0 Å². The molecular weight excluding hydrogens is 522 g/mol. The minimum Gasteiger partial charge on any atom is -0.474 e. The van der Waals surface area contributed by atoms with Crippen molar-refractivity contribution in [3.8, 4) is 5.88 Å². The molecule has 4 heterocycles. The van der Waals surface area contributed by atoms with Crippen LogP contribution in [0.15, 0.2) is 47.5 Å². The minimum absolute atomic E-state index is 0.0269. The molecule has 214 valence electrons. The first-order valence-electron chi connectivity index (χ1n) is 14.3. The van der Waals surface area contributed by atoms with E-state index in [9.17, 15) is 14.4 Å². The molecule has 2 fully saturated rings. The Morgan fingerprint density at radius 3 is 2.54 bits per heavy atom. The van der Waals surface area contributed by atoms with Crippen molar-refractivity contribution in [2.45, 2.75) is 32.6 Å². The first-order chi connectivity index (χ1) is 20.0. The Balaban J connectivity index is 1.11. The molecule has 2 aromatic heterocycles. The predicted molar refractivity (Wildman–Crippen MR) is 158 cm³/mol. The van der Waals surface area contributed by atoms with Crippen LogP contribution in [0.25, 0.3) is 0 Å². The molecule has 1 aromatic carbocycles. The maximum atomic E-state index is 13.3. The van der Waals surface area contributed by atoms with Crippen molar-refractivity contribution in [2.75, 3.05) is 60.2 Å². The van der Waals surface area contributed by atoms with Crippen LogP contribution in [0.3, 0.4) is 0 Å². The summed E-state index contributed by atoms with van der Waals surface area (Å²) in [5, 5.41) is 9.35. The summed E-state index contributed by atoms with van der Waals surface area (Å²) in [7, 11) is 0. The summed E-state index contributed by atoms with van der Waals surface area (Å²) in [4.78, 5) is 50.0. The molecule has 1 saturated heterocycles. The monoisotopic (exact) mass is 557 g/mol. The lowest BCUT2D eigenvalue weighted by Crippen LogP contribution is -2.50. The molecule has 2 aliphatic heterocycles. The van der Waals surface area contributed by atoms with E-state index >= 15 is 0 Å². The molecule has 3 aliphatic rings. The van der Waals surface area contributed by atoms with Gasteiger partial charge in [0, 0.05) is 61.8 Å². The van der Waals surface area contributed by atoms with E-state index in [4.69, 9.17) is 4.74 Å². The second-order valence-corrected chi connectivity index (χ2v) is 10.8. The number of amides is 2. The normalized spacial score (nSPS) is 16.9. The summed E-state index contributed by atoms with van der Waals surface area (Å²) < 4.78 is 5.60. The highest BCUT2D eigenvalue weighted by atomic mass is 16.5. The number of hydrogen-bond donors (Lipinski definition) is 4. The lowest BCUT2D eigenvalue weighted by molar-refractivity contribution is -0.135. The summed E-state index contributed by atoms with van der Waals surface area (Å²) in [6.07, 6.45) is 7.50. The van der Waals surface area contributed by atoms with Gasteiger partial charge in [0.1, 0.15) is 17.9 Å². The van der Waals surface area contributed by atoms with Gasteiger partial charge in [0.25, 0.3) is 11.5 Å². The van der Waals surface area contributed by atoms with Gasteiger partial charge in [-0.05, 0) is 50.1 Å². The average Bonchev–Trinajstić information content (AvgIpc) is 3.54. The van der Waals surface area contributed by atoms with E-state index in [-0.39, 0.29) is 11.5 Å². The van der Waals surface area contributed by atoms with Gasteiger partial charge in [0.05, 0.1) is 17.6 Å². The summed E-state index contributed by atoms with van der Waals surface area (Å²) in [6.45, 7) is 6.14. The fourth-order valence-corrected chi connectivity index (χ4v) is 5.87. The number of piperazine rings is 1. The Hall–Kier alpha value is -4.54. The third-order valence-corrected chi connectivity index (χ3v) is 8.19. The summed E-state index contributed by atoms with van der Waals surface area (Å²) in [6, 6.07) is 9.22. The number of carbonyl (C=O) groups excluding carboxylic acids is 2. The molecule has 11 heteroatoms. The summed E-state index contributed by atoms with van der Waals surface area (Å²) >= 11 is 0. The van der Waals surface area contributed by atoms with Crippen LogP contribution in [-0.4, -0.2) is 66.0 Å². The van der Waals surface area contributed by atoms with Gasteiger partial charge in [-0.3, -0.25) is 14.4 Å². The Morgan fingerprint density at radius 1 is 1.02 bits per heavy atom. The zero-order valence-electron chi connectivity index (χ0n) is 23.2. The number of pyridine rings is 2. The van der Waals surface area contributed by atoms with Gasteiger partial charge in [0.2, 0.25) is 11.8 Å². The molecule has 3 aromatic rings. The van der Waals surface area contributed by atoms with Gasteiger partial charge in [-0.25, -0.2) is 4.98 Å². The van der Waals surface area contributed by atoms with E-state index in [1.165, 1.54) is 6.20 Å². The van der Waals surface area contributed by atoms with E-state index < -0.39 is 11.5 Å². The number of rotatable bonds is 6. The third-order valence-electron chi connectivity index (χ3n) is 8.19. The van der Waals surface area contributed by atoms with Crippen LogP contribution in [0.2, 0.25) is 0 Å². The SMILES string of the molecule is Cc1c(Nc2cc[nH]c(=O)c2C(=O)Nc2ccc(N3CCN(C(=O)C4CCCC4)CC3)cc2)cnc2c1NCCO2. The Bertz CT molecular complexity index is 1490. The van der Waals surface area contributed by atoms with E-state index in [1.54, 1.807) is 12.3 Å². The van der Waals surface area contributed by atoms with Crippen molar-refractivity contribution >= 4 is 40.3 Å². The predicted octanol–water partition coefficient (Wildman–Crippen LogP) is 3.72. The number of hydrogen-bond acceptors (Lipinski definition) is 8. The van der Waals surface area contributed by atoms with Crippen molar-refractivity contribution in [3.63, 3.8) is 0 Å². The molecule has 0 bridgehead atoms. The lowest BCUT2D eigenvalue weighted by Gasteiger charge is -2.37. The largest absolute Gasteiger partial charge is 0.474 e. The number of nitrogens with zero attached hydrogens (tertiary/aromatic N) is 3. The molecule has 0 unspecified atom stereocenters. The molecular formula is C30H35N7O4. The van der Waals surface area contributed by atoms with Crippen molar-refractivity contribution < 1.29 is 14.3 Å². The number of fused-ring (bicyclic) bond motifs is 1. The minimum atomic E-state index is -0.522. The van der Waals surface area contributed by atoms with E-state index in [0.717, 1.165) is 68.8 Å². The topological polar surface area (TPSA) is 132 Å². The fraction of sp³-hybridized carbons (Fsp3) is 0.400. The van der Waals surface area contributed by atoms with Gasteiger partial charge < -0.3 is 35.5 Å². The first-order valence-corrected chi connectivity index (χ1v) is 14.3. The van der Waals surface area contributed by atoms with Crippen molar-refractivity contribution in [1.29, 1.82) is 0 Å². The van der Waals surface area contributed by atoms with Crippen LogP contribution < -0.4 is 31.1 Å². The number of ether oxygens (including phenoxy) is 1. The average molecular weight is 558 g/mol. The highest BCUT2D eigenvalue weighted by Crippen LogP contribution is 2.34.